The van der Waals surface area contributed by atoms with Crippen LogP contribution in [0.4, 0.5) is 0 Å². The van der Waals surface area contributed by atoms with Crippen LogP contribution in [0.15, 0.2) is 24.3 Å². The van der Waals surface area contributed by atoms with E-state index in [-0.39, 0.29) is 25.4 Å². The van der Waals surface area contributed by atoms with Gasteiger partial charge in [0, 0.05) is 33.2 Å². The predicted octanol–water partition coefficient (Wildman–Crippen LogP) is 0.909. The molecule has 0 bridgehead atoms. The maximum absolute atomic E-state index is 11.9. The highest BCUT2D eigenvalue weighted by atomic mass is 32.2. The largest absolute Gasteiger partial charge is 0.383 e. The minimum Gasteiger partial charge on any atom is -0.383 e. The number of nitrogens with zero attached hydrogens (tertiary/aromatic N) is 1. The fraction of sp³-hybridized carbons (Fsp3) is 0.533. The smallest absolute Gasteiger partial charge is 0.221 e. The van der Waals surface area contributed by atoms with Gasteiger partial charge in [-0.15, -0.1) is 0 Å². The molecule has 1 aromatic rings. The highest BCUT2D eigenvalue weighted by Gasteiger charge is 2.18. The van der Waals surface area contributed by atoms with E-state index in [0.29, 0.717) is 13.2 Å². The zero-order valence-electron chi connectivity index (χ0n) is 13.3. The Morgan fingerprint density at radius 1 is 1.36 bits per heavy atom. The molecule has 1 N–H and O–H groups in total. The number of sulfonamides is 1. The van der Waals surface area contributed by atoms with Gasteiger partial charge in [0.05, 0.1) is 12.9 Å². The molecule has 0 atom stereocenters. The summed E-state index contributed by atoms with van der Waals surface area (Å²) in [7, 11) is -1.81. The molecule has 1 aromatic carbocycles. The van der Waals surface area contributed by atoms with Gasteiger partial charge in [0.25, 0.3) is 0 Å². The lowest BCUT2D eigenvalue weighted by molar-refractivity contribution is -0.121. The minimum absolute atomic E-state index is 0.128. The Balaban J connectivity index is 2.61. The Hall–Kier alpha value is -1.44. The molecule has 0 aliphatic heterocycles. The number of hydrogen-bond donors (Lipinski definition) is 1. The third-order valence-corrected chi connectivity index (χ3v) is 4.38. The van der Waals surface area contributed by atoms with Gasteiger partial charge in [-0.2, -0.15) is 4.31 Å². The van der Waals surface area contributed by atoms with Crippen molar-refractivity contribution in [2.45, 2.75) is 19.9 Å². The Morgan fingerprint density at radius 3 is 2.68 bits per heavy atom. The number of carbonyl (C=O) groups excluding carboxylic acids is 1. The lowest BCUT2D eigenvalue weighted by atomic mass is 10.1. The molecule has 7 heteroatoms. The van der Waals surface area contributed by atoms with Crippen LogP contribution >= 0.6 is 0 Å². The fourth-order valence-corrected chi connectivity index (χ4v) is 2.79. The van der Waals surface area contributed by atoms with Crippen molar-refractivity contribution in [2.24, 2.45) is 0 Å². The van der Waals surface area contributed by atoms with Crippen LogP contribution in [0.3, 0.4) is 0 Å². The first-order valence-corrected chi connectivity index (χ1v) is 8.94. The van der Waals surface area contributed by atoms with Crippen molar-refractivity contribution in [1.82, 2.24) is 9.62 Å². The second-order valence-electron chi connectivity index (χ2n) is 5.18. The summed E-state index contributed by atoms with van der Waals surface area (Å²) in [5.41, 5.74) is 1.98. The molecule has 1 rings (SSSR count). The van der Waals surface area contributed by atoms with Crippen molar-refractivity contribution < 1.29 is 17.9 Å². The summed E-state index contributed by atoms with van der Waals surface area (Å²) in [5.74, 6) is -0.185. The quantitative estimate of drug-likeness (QED) is 0.684. The van der Waals surface area contributed by atoms with Crippen molar-refractivity contribution in [1.29, 1.82) is 0 Å². The van der Waals surface area contributed by atoms with Crippen molar-refractivity contribution in [3.63, 3.8) is 0 Å². The molecule has 6 nitrogen and oxygen atoms in total. The van der Waals surface area contributed by atoms with Gasteiger partial charge < -0.3 is 10.1 Å². The molecular formula is C15H24N2O4S. The van der Waals surface area contributed by atoms with E-state index in [1.165, 1.54) is 4.31 Å². The van der Waals surface area contributed by atoms with Crippen molar-refractivity contribution >= 4 is 15.9 Å². The van der Waals surface area contributed by atoms with Crippen LogP contribution < -0.4 is 5.32 Å². The number of carbonyl (C=O) groups is 1. The topological polar surface area (TPSA) is 75.7 Å². The van der Waals surface area contributed by atoms with Gasteiger partial charge in [-0.3, -0.25) is 4.79 Å². The maximum Gasteiger partial charge on any atom is 0.221 e. The van der Waals surface area contributed by atoms with Crippen molar-refractivity contribution in [3.05, 3.63) is 35.4 Å². The molecular weight excluding hydrogens is 304 g/mol. The third-order valence-electron chi connectivity index (χ3n) is 3.13. The number of rotatable bonds is 9. The van der Waals surface area contributed by atoms with Crippen LogP contribution in [0.25, 0.3) is 0 Å². The Kier molecular flexibility index (Phi) is 7.50. The monoisotopic (exact) mass is 328 g/mol. The van der Waals surface area contributed by atoms with Crippen molar-refractivity contribution in [3.8, 4) is 0 Å². The molecule has 22 heavy (non-hydrogen) atoms. The number of ether oxygens (including phenoxy) is 1. The van der Waals surface area contributed by atoms with Gasteiger partial charge in [0.1, 0.15) is 0 Å². The van der Waals surface area contributed by atoms with E-state index in [9.17, 15) is 13.2 Å². The first kappa shape index (κ1) is 18.6. The molecule has 0 saturated heterocycles. The normalized spacial score (nSPS) is 11.6. The molecule has 0 saturated carbocycles. The van der Waals surface area contributed by atoms with Gasteiger partial charge >= 0.3 is 0 Å². The third kappa shape index (κ3) is 7.02. The second-order valence-corrected chi connectivity index (χ2v) is 7.16. The number of aryl methyl sites for hydroxylation is 1. The van der Waals surface area contributed by atoms with Gasteiger partial charge in [0.2, 0.25) is 15.9 Å². The molecule has 0 heterocycles. The molecule has 0 aromatic heterocycles. The fourth-order valence-electron chi connectivity index (χ4n) is 1.98. The van der Waals surface area contributed by atoms with E-state index in [1.54, 1.807) is 7.11 Å². The summed E-state index contributed by atoms with van der Waals surface area (Å²) >= 11 is 0. The summed E-state index contributed by atoms with van der Waals surface area (Å²) in [6.07, 6.45) is 1.29. The van der Waals surface area contributed by atoms with E-state index in [1.807, 2.05) is 31.2 Å². The highest BCUT2D eigenvalue weighted by Crippen LogP contribution is 2.11. The van der Waals surface area contributed by atoms with E-state index >= 15 is 0 Å². The second kappa shape index (κ2) is 8.87. The zero-order chi connectivity index (χ0) is 16.6. The molecule has 0 aliphatic rings. The summed E-state index contributed by atoms with van der Waals surface area (Å²) in [4.78, 5) is 11.7. The summed E-state index contributed by atoms with van der Waals surface area (Å²) in [6, 6.07) is 7.67. The van der Waals surface area contributed by atoms with Crippen LogP contribution in [0.2, 0.25) is 0 Å². The van der Waals surface area contributed by atoms with Crippen LogP contribution in [0.5, 0.6) is 0 Å². The Morgan fingerprint density at radius 2 is 2.09 bits per heavy atom. The highest BCUT2D eigenvalue weighted by molar-refractivity contribution is 7.88. The number of nitrogens with one attached hydrogen (secondary N) is 1. The van der Waals surface area contributed by atoms with Crippen LogP contribution in [0, 0.1) is 6.92 Å². The van der Waals surface area contributed by atoms with Gasteiger partial charge in [-0.05, 0) is 12.5 Å². The van der Waals surface area contributed by atoms with E-state index in [0.717, 1.165) is 17.4 Å². The first-order valence-electron chi connectivity index (χ1n) is 7.09. The van der Waals surface area contributed by atoms with E-state index in [4.69, 9.17) is 4.74 Å². The van der Waals surface area contributed by atoms with E-state index in [2.05, 4.69) is 5.32 Å². The number of benzene rings is 1. The average Bonchev–Trinajstić information content (AvgIpc) is 2.42. The molecule has 0 fully saturated rings. The molecule has 1 amide bonds. The molecule has 0 radical (unpaired) electrons. The number of amides is 1. The maximum atomic E-state index is 11.9. The van der Waals surface area contributed by atoms with Gasteiger partial charge in [-0.25, -0.2) is 8.42 Å². The Bertz CT molecular complexity index is 587. The van der Waals surface area contributed by atoms with E-state index < -0.39 is 10.0 Å². The molecule has 0 spiro atoms. The minimum atomic E-state index is -3.37. The molecule has 0 aliphatic carbocycles. The van der Waals surface area contributed by atoms with Gasteiger partial charge in [0.15, 0.2) is 0 Å². The molecule has 124 valence electrons. The van der Waals surface area contributed by atoms with Gasteiger partial charge in [-0.1, -0.05) is 29.8 Å². The Labute approximate surface area is 132 Å². The first-order chi connectivity index (χ1) is 10.3. The average molecular weight is 328 g/mol. The standard InChI is InChI=1S/C15H24N2O4S/c1-13-5-4-6-14(11-13)12-17(22(3,19)20)9-7-15(18)16-8-10-21-2/h4-6,11H,7-10,12H2,1-3H3,(H,16,18). The van der Waals surface area contributed by atoms with Crippen LogP contribution in [-0.4, -0.2) is 51.7 Å². The van der Waals surface area contributed by atoms with Crippen LogP contribution in [0.1, 0.15) is 17.5 Å². The summed E-state index contributed by atoms with van der Waals surface area (Å²) in [5, 5.41) is 2.68. The predicted molar refractivity (Wildman–Crippen MR) is 85.9 cm³/mol. The van der Waals surface area contributed by atoms with Crippen molar-refractivity contribution in [2.75, 3.05) is 33.1 Å². The number of hydrogen-bond acceptors (Lipinski definition) is 4. The summed E-state index contributed by atoms with van der Waals surface area (Å²) < 4.78 is 29.9. The lowest BCUT2D eigenvalue weighted by Crippen LogP contribution is -2.35. The number of methoxy groups -OCH3 is 1. The SMILES string of the molecule is COCCNC(=O)CCN(Cc1cccc(C)c1)S(C)(=O)=O. The zero-order valence-corrected chi connectivity index (χ0v) is 14.1. The van der Waals surface area contributed by atoms with Crippen LogP contribution in [-0.2, 0) is 26.1 Å². The lowest BCUT2D eigenvalue weighted by Gasteiger charge is -2.20. The summed E-state index contributed by atoms with van der Waals surface area (Å²) in [6.45, 7) is 3.24. The molecule has 0 unspecified atom stereocenters.